The van der Waals surface area contributed by atoms with Gasteiger partial charge >= 0.3 is 0 Å². The molecule has 0 aliphatic rings. The minimum atomic E-state index is -0.230. The minimum Gasteiger partial charge on any atom is -0.442 e. The Morgan fingerprint density at radius 3 is 2.68 bits per heavy atom. The average molecular weight is 312 g/mol. The number of carbonyl (C=O) groups is 1. The van der Waals surface area contributed by atoms with E-state index in [0.717, 1.165) is 15.3 Å². The predicted octanol–water partition coefficient (Wildman–Crippen LogP) is 4.20. The van der Waals surface area contributed by atoms with Gasteiger partial charge in [-0.3, -0.25) is 4.79 Å². The normalized spacial score (nSPS) is 12.1. The average Bonchev–Trinajstić information content (AvgIpc) is 3.16. The summed E-state index contributed by atoms with van der Waals surface area (Å²) in [4.78, 5) is 18.6. The topological polar surface area (TPSA) is 55.1 Å². The number of benzene rings is 1. The van der Waals surface area contributed by atoms with Gasteiger partial charge in [0.25, 0.3) is 5.91 Å². The molecule has 1 unspecified atom stereocenters. The summed E-state index contributed by atoms with van der Waals surface area (Å²) in [6, 6.07) is 13.7. The third-order valence-corrected chi connectivity index (χ3v) is 4.39. The lowest BCUT2D eigenvalue weighted by Gasteiger charge is -2.13. The standard InChI is InChI=1S/C17H16N2O2S/c1-11-8-9-14(22-11)16-15(18-10-21-16)17(20)19-12(2)13-6-4-3-5-7-13/h3-10,12H,1-2H3,(H,19,20). The molecule has 22 heavy (non-hydrogen) atoms. The molecular weight excluding hydrogens is 296 g/mol. The van der Waals surface area contributed by atoms with E-state index >= 15 is 0 Å². The maximum atomic E-state index is 12.5. The molecule has 112 valence electrons. The summed E-state index contributed by atoms with van der Waals surface area (Å²) in [6.07, 6.45) is 1.31. The smallest absolute Gasteiger partial charge is 0.274 e. The highest BCUT2D eigenvalue weighted by atomic mass is 32.1. The summed E-state index contributed by atoms with van der Waals surface area (Å²) in [7, 11) is 0. The third-order valence-electron chi connectivity index (χ3n) is 3.39. The molecule has 1 atom stereocenters. The first-order valence-corrected chi connectivity index (χ1v) is 7.83. The van der Waals surface area contributed by atoms with E-state index in [4.69, 9.17) is 4.42 Å². The van der Waals surface area contributed by atoms with Crippen molar-refractivity contribution < 1.29 is 9.21 Å². The zero-order valence-electron chi connectivity index (χ0n) is 12.4. The maximum Gasteiger partial charge on any atom is 0.274 e. The van der Waals surface area contributed by atoms with Crippen LogP contribution in [0.15, 0.2) is 53.3 Å². The van der Waals surface area contributed by atoms with E-state index in [1.807, 2.05) is 56.3 Å². The second kappa shape index (κ2) is 6.15. The third kappa shape index (κ3) is 2.94. The molecule has 2 aromatic heterocycles. The largest absolute Gasteiger partial charge is 0.442 e. The number of carbonyl (C=O) groups excluding carboxylic acids is 1. The molecule has 1 amide bonds. The van der Waals surface area contributed by atoms with E-state index in [1.54, 1.807) is 11.3 Å². The molecular formula is C17H16N2O2S. The number of aryl methyl sites for hydroxylation is 1. The monoisotopic (exact) mass is 312 g/mol. The minimum absolute atomic E-state index is 0.0941. The van der Waals surface area contributed by atoms with Gasteiger partial charge in [-0.25, -0.2) is 4.98 Å². The summed E-state index contributed by atoms with van der Waals surface area (Å²) < 4.78 is 5.41. The molecule has 1 aromatic carbocycles. The lowest BCUT2D eigenvalue weighted by Crippen LogP contribution is -2.27. The first-order valence-electron chi connectivity index (χ1n) is 7.01. The molecule has 3 aromatic rings. The van der Waals surface area contributed by atoms with E-state index in [2.05, 4.69) is 10.3 Å². The molecule has 1 N–H and O–H groups in total. The van der Waals surface area contributed by atoms with Crippen LogP contribution < -0.4 is 5.32 Å². The van der Waals surface area contributed by atoms with Crippen molar-refractivity contribution in [1.29, 1.82) is 0 Å². The van der Waals surface area contributed by atoms with Gasteiger partial charge in [-0.05, 0) is 31.5 Å². The van der Waals surface area contributed by atoms with Crippen molar-refractivity contribution in [2.24, 2.45) is 0 Å². The van der Waals surface area contributed by atoms with Crippen LogP contribution in [0.4, 0.5) is 0 Å². The molecule has 2 heterocycles. The molecule has 3 rings (SSSR count). The number of oxazole rings is 1. The van der Waals surface area contributed by atoms with Gasteiger partial charge in [0, 0.05) is 4.88 Å². The van der Waals surface area contributed by atoms with Crippen LogP contribution in [0.25, 0.3) is 10.6 Å². The first-order chi connectivity index (χ1) is 10.6. The fraction of sp³-hybridized carbons (Fsp3) is 0.176. The SMILES string of the molecule is Cc1ccc(-c2ocnc2C(=O)NC(C)c2ccccc2)s1. The number of hydrogen-bond donors (Lipinski definition) is 1. The number of rotatable bonds is 4. The number of amides is 1. The summed E-state index contributed by atoms with van der Waals surface area (Å²) >= 11 is 1.58. The van der Waals surface area contributed by atoms with Crippen LogP contribution in [-0.4, -0.2) is 10.9 Å². The highest BCUT2D eigenvalue weighted by Crippen LogP contribution is 2.30. The number of nitrogens with one attached hydrogen (secondary N) is 1. The lowest BCUT2D eigenvalue weighted by molar-refractivity contribution is 0.0935. The number of nitrogens with zero attached hydrogens (tertiary/aromatic N) is 1. The van der Waals surface area contributed by atoms with Crippen LogP contribution in [0.2, 0.25) is 0 Å². The van der Waals surface area contributed by atoms with Crippen LogP contribution in [0.1, 0.15) is 33.9 Å². The molecule has 0 saturated carbocycles. The summed E-state index contributed by atoms with van der Waals surface area (Å²) in [5, 5.41) is 2.96. The van der Waals surface area contributed by atoms with E-state index in [0.29, 0.717) is 11.5 Å². The van der Waals surface area contributed by atoms with Gasteiger partial charge in [-0.1, -0.05) is 30.3 Å². The van der Waals surface area contributed by atoms with Gasteiger partial charge in [0.15, 0.2) is 17.8 Å². The molecule has 0 fully saturated rings. The molecule has 4 nitrogen and oxygen atoms in total. The zero-order valence-corrected chi connectivity index (χ0v) is 13.2. The number of aromatic nitrogens is 1. The Balaban J connectivity index is 1.80. The van der Waals surface area contributed by atoms with Crippen molar-refractivity contribution in [2.75, 3.05) is 0 Å². The van der Waals surface area contributed by atoms with Crippen molar-refractivity contribution in [3.8, 4) is 10.6 Å². The van der Waals surface area contributed by atoms with Gasteiger partial charge in [0.1, 0.15) is 0 Å². The van der Waals surface area contributed by atoms with Gasteiger partial charge in [-0.2, -0.15) is 0 Å². The Labute approximate surface area is 132 Å². The van der Waals surface area contributed by atoms with Gasteiger partial charge in [0.05, 0.1) is 10.9 Å². The van der Waals surface area contributed by atoms with Gasteiger partial charge < -0.3 is 9.73 Å². The van der Waals surface area contributed by atoms with Crippen molar-refractivity contribution >= 4 is 17.2 Å². The number of hydrogen-bond acceptors (Lipinski definition) is 4. The Morgan fingerprint density at radius 1 is 1.23 bits per heavy atom. The van der Waals surface area contributed by atoms with Crippen molar-refractivity contribution in [3.63, 3.8) is 0 Å². The predicted molar refractivity (Wildman–Crippen MR) is 86.9 cm³/mol. The summed E-state index contributed by atoms with van der Waals surface area (Å²) in [5.41, 5.74) is 1.37. The Bertz CT molecular complexity index is 777. The molecule has 0 radical (unpaired) electrons. The molecule has 0 bridgehead atoms. The fourth-order valence-electron chi connectivity index (χ4n) is 2.23. The highest BCUT2D eigenvalue weighted by molar-refractivity contribution is 7.15. The second-order valence-electron chi connectivity index (χ2n) is 5.05. The van der Waals surface area contributed by atoms with E-state index in [-0.39, 0.29) is 11.9 Å². The number of thiophene rings is 1. The van der Waals surface area contributed by atoms with E-state index in [9.17, 15) is 4.79 Å². The van der Waals surface area contributed by atoms with Crippen LogP contribution in [-0.2, 0) is 0 Å². The quantitative estimate of drug-likeness (QED) is 0.785. The molecule has 0 saturated heterocycles. The first kappa shape index (κ1) is 14.5. The zero-order chi connectivity index (χ0) is 15.5. The van der Waals surface area contributed by atoms with Crippen LogP contribution >= 0.6 is 11.3 Å². The van der Waals surface area contributed by atoms with Crippen LogP contribution in [0.3, 0.4) is 0 Å². The fourth-order valence-corrected chi connectivity index (χ4v) is 3.09. The van der Waals surface area contributed by atoms with Gasteiger partial charge in [-0.15, -0.1) is 11.3 Å². The van der Waals surface area contributed by atoms with E-state index in [1.165, 1.54) is 6.39 Å². The second-order valence-corrected chi connectivity index (χ2v) is 6.33. The van der Waals surface area contributed by atoms with Crippen molar-refractivity contribution in [2.45, 2.75) is 19.9 Å². The van der Waals surface area contributed by atoms with E-state index < -0.39 is 0 Å². The molecule has 5 heteroatoms. The lowest BCUT2D eigenvalue weighted by atomic mass is 10.1. The highest BCUT2D eigenvalue weighted by Gasteiger charge is 2.21. The maximum absolute atomic E-state index is 12.5. The van der Waals surface area contributed by atoms with Crippen molar-refractivity contribution in [1.82, 2.24) is 10.3 Å². The Morgan fingerprint density at radius 2 is 2.00 bits per heavy atom. The van der Waals surface area contributed by atoms with Crippen LogP contribution in [0, 0.1) is 6.92 Å². The summed E-state index contributed by atoms with van der Waals surface area (Å²) in [6.45, 7) is 3.96. The van der Waals surface area contributed by atoms with Crippen molar-refractivity contribution in [3.05, 3.63) is 65.0 Å². The molecule has 0 aliphatic heterocycles. The molecule has 0 aliphatic carbocycles. The Hall–Kier alpha value is -2.40. The Kier molecular flexibility index (Phi) is 4.06. The van der Waals surface area contributed by atoms with Crippen LogP contribution in [0.5, 0.6) is 0 Å². The van der Waals surface area contributed by atoms with Gasteiger partial charge in [0.2, 0.25) is 0 Å². The molecule has 0 spiro atoms. The summed E-state index contributed by atoms with van der Waals surface area (Å²) in [5.74, 6) is 0.294.